The maximum Gasteiger partial charge on any atom is 2.00 e. The van der Waals surface area contributed by atoms with Crippen LogP contribution in [0.2, 0.25) is 0 Å². The summed E-state index contributed by atoms with van der Waals surface area (Å²) in [4.78, 5) is 1.11. The van der Waals surface area contributed by atoms with Gasteiger partial charge in [0.1, 0.15) is 0 Å². The molecule has 0 bridgehead atoms. The van der Waals surface area contributed by atoms with Gasteiger partial charge in [0.15, 0.2) is 0 Å². The molecule has 4 heteroatoms. The van der Waals surface area contributed by atoms with E-state index in [1.165, 1.54) is 11.8 Å². The minimum Gasteiger partial charge on any atom is -0.872 e. The van der Waals surface area contributed by atoms with E-state index in [-0.39, 0.29) is 34.6 Å². The molecular formula is C24H16MgO2S. The molecule has 0 N–H and O–H groups in total. The van der Waals surface area contributed by atoms with Gasteiger partial charge in [0.2, 0.25) is 0 Å². The van der Waals surface area contributed by atoms with Crippen LogP contribution in [0.3, 0.4) is 0 Å². The average Bonchev–Trinajstić information content (AvgIpc) is 2.72. The van der Waals surface area contributed by atoms with E-state index in [4.69, 9.17) is 0 Å². The Kier molecular flexibility index (Phi) is 6.68. The predicted molar refractivity (Wildman–Crippen MR) is 113 cm³/mol. The molecule has 0 saturated carbocycles. The fourth-order valence-corrected chi connectivity index (χ4v) is 3.86. The summed E-state index contributed by atoms with van der Waals surface area (Å²) in [6.45, 7) is 0. The summed E-state index contributed by atoms with van der Waals surface area (Å²) in [5, 5.41) is 24.7. The van der Waals surface area contributed by atoms with Crippen LogP contribution in [0.4, 0.5) is 0 Å². The third-order valence-electron chi connectivity index (χ3n) is 4.32. The summed E-state index contributed by atoms with van der Waals surface area (Å²) in [6.07, 6.45) is 0. The van der Waals surface area contributed by atoms with Crippen LogP contribution in [0.25, 0.3) is 22.3 Å². The van der Waals surface area contributed by atoms with Crippen LogP contribution < -0.4 is 10.2 Å². The Bertz CT molecular complexity index is 979. The molecule has 132 valence electrons. The van der Waals surface area contributed by atoms with Crippen molar-refractivity contribution in [2.45, 2.75) is 9.79 Å². The van der Waals surface area contributed by atoms with Crippen LogP contribution in [-0.4, -0.2) is 23.1 Å². The Labute approximate surface area is 185 Å². The van der Waals surface area contributed by atoms with Crippen LogP contribution in [-0.2, 0) is 0 Å². The van der Waals surface area contributed by atoms with Crippen LogP contribution in [0.5, 0.6) is 11.5 Å². The third-order valence-corrected chi connectivity index (χ3v) is 5.40. The van der Waals surface area contributed by atoms with E-state index in [0.29, 0.717) is 9.79 Å². The minimum atomic E-state index is -0.0794. The zero-order chi connectivity index (χ0) is 18.6. The summed E-state index contributed by atoms with van der Waals surface area (Å²) in [6, 6.07) is 30.3. The molecule has 0 aliphatic carbocycles. The van der Waals surface area contributed by atoms with Crippen LogP contribution in [0.15, 0.2) is 107 Å². The van der Waals surface area contributed by atoms with E-state index in [9.17, 15) is 10.2 Å². The van der Waals surface area contributed by atoms with Crippen LogP contribution >= 0.6 is 11.8 Å². The van der Waals surface area contributed by atoms with Crippen molar-refractivity contribution >= 4 is 34.8 Å². The van der Waals surface area contributed by atoms with Gasteiger partial charge in [0, 0.05) is 9.79 Å². The number of rotatable bonds is 4. The first-order valence-corrected chi connectivity index (χ1v) is 9.43. The number of hydrogen-bond donors (Lipinski definition) is 0. The Morgan fingerprint density at radius 2 is 0.857 bits per heavy atom. The summed E-state index contributed by atoms with van der Waals surface area (Å²) in [5.41, 5.74) is 4.01. The number of hydrogen-bond acceptors (Lipinski definition) is 3. The molecule has 0 atom stereocenters. The molecule has 0 spiro atoms. The molecule has 0 aliphatic heterocycles. The van der Waals surface area contributed by atoms with Gasteiger partial charge >= 0.3 is 23.1 Å². The molecule has 4 rings (SSSR count). The van der Waals surface area contributed by atoms with E-state index in [2.05, 4.69) is 0 Å². The molecule has 2 nitrogen and oxygen atoms in total. The first kappa shape index (κ1) is 20.3. The Balaban J connectivity index is 0.00000225. The van der Waals surface area contributed by atoms with E-state index >= 15 is 0 Å². The second-order valence-corrected chi connectivity index (χ2v) is 7.24. The monoisotopic (exact) mass is 392 g/mol. The van der Waals surface area contributed by atoms with Gasteiger partial charge in [-0.3, -0.25) is 0 Å². The molecule has 0 aliphatic rings. The molecular weight excluding hydrogens is 377 g/mol. The van der Waals surface area contributed by atoms with E-state index in [1.54, 1.807) is 12.1 Å². The van der Waals surface area contributed by atoms with Gasteiger partial charge in [-0.15, -0.1) is 0 Å². The smallest absolute Gasteiger partial charge is 0.872 e. The van der Waals surface area contributed by atoms with Gasteiger partial charge < -0.3 is 10.2 Å². The zero-order valence-corrected chi connectivity index (χ0v) is 17.4. The molecule has 0 radical (unpaired) electrons. The first-order chi connectivity index (χ1) is 13.2. The van der Waals surface area contributed by atoms with Crippen molar-refractivity contribution in [2.24, 2.45) is 0 Å². The molecule has 0 heterocycles. The Morgan fingerprint density at radius 1 is 0.464 bits per heavy atom. The standard InChI is InChI=1S/C24H18O2S.Mg/c25-21-13-11-19(17-7-3-1-4-8-17)15-23(21)27-24-16-20(12-14-22(24)26)18-9-5-2-6-10-18;/h1-16,25-26H;/q;+2/p-2. The van der Waals surface area contributed by atoms with E-state index < -0.39 is 0 Å². The second-order valence-electron chi connectivity index (χ2n) is 6.16. The normalized spacial score (nSPS) is 10.3. The molecule has 28 heavy (non-hydrogen) atoms. The molecule has 0 fully saturated rings. The van der Waals surface area contributed by atoms with E-state index in [1.807, 2.05) is 84.9 Å². The van der Waals surface area contributed by atoms with Crippen molar-refractivity contribution in [3.05, 3.63) is 97.1 Å². The quantitative estimate of drug-likeness (QED) is 0.462. The van der Waals surface area contributed by atoms with Crippen molar-refractivity contribution in [3.63, 3.8) is 0 Å². The molecule has 0 saturated heterocycles. The van der Waals surface area contributed by atoms with Crippen molar-refractivity contribution in [1.29, 1.82) is 0 Å². The maximum atomic E-state index is 12.4. The maximum absolute atomic E-state index is 12.4. The molecule has 4 aromatic rings. The molecule has 4 aromatic carbocycles. The Morgan fingerprint density at radius 3 is 1.25 bits per heavy atom. The fourth-order valence-electron chi connectivity index (χ4n) is 2.91. The van der Waals surface area contributed by atoms with Gasteiger partial charge in [0.25, 0.3) is 0 Å². The van der Waals surface area contributed by atoms with Gasteiger partial charge in [0.05, 0.1) is 0 Å². The summed E-state index contributed by atoms with van der Waals surface area (Å²) >= 11 is 1.23. The summed E-state index contributed by atoms with van der Waals surface area (Å²) in [5.74, 6) is -0.159. The molecule has 0 aromatic heterocycles. The SMILES string of the molecule is [Mg+2].[O-]c1ccc(-c2ccccc2)cc1Sc1cc(-c2ccccc2)ccc1[O-]. The van der Waals surface area contributed by atoms with Gasteiger partial charge in [-0.1, -0.05) is 108 Å². The molecule has 0 amide bonds. The fraction of sp³-hybridized carbons (Fsp3) is 0. The largest absolute Gasteiger partial charge is 2.00 e. The second kappa shape index (κ2) is 9.19. The molecule has 0 unspecified atom stereocenters. The third kappa shape index (κ3) is 4.53. The van der Waals surface area contributed by atoms with E-state index in [0.717, 1.165) is 22.3 Å². The summed E-state index contributed by atoms with van der Waals surface area (Å²) < 4.78 is 0. The van der Waals surface area contributed by atoms with Crippen molar-refractivity contribution < 1.29 is 10.2 Å². The van der Waals surface area contributed by atoms with Crippen LogP contribution in [0.1, 0.15) is 0 Å². The Hall–Kier alpha value is -2.40. The predicted octanol–water partition coefficient (Wildman–Crippen LogP) is 4.94. The summed E-state index contributed by atoms with van der Waals surface area (Å²) in [7, 11) is 0. The van der Waals surface area contributed by atoms with Crippen LogP contribution in [0, 0.1) is 0 Å². The van der Waals surface area contributed by atoms with Crippen molar-refractivity contribution in [2.75, 3.05) is 0 Å². The topological polar surface area (TPSA) is 46.1 Å². The number of benzene rings is 4. The van der Waals surface area contributed by atoms with Crippen molar-refractivity contribution in [1.82, 2.24) is 0 Å². The zero-order valence-electron chi connectivity index (χ0n) is 15.2. The average molecular weight is 393 g/mol. The van der Waals surface area contributed by atoms with Gasteiger partial charge in [-0.2, -0.15) is 0 Å². The van der Waals surface area contributed by atoms with Gasteiger partial charge in [-0.25, -0.2) is 0 Å². The van der Waals surface area contributed by atoms with Crippen molar-refractivity contribution in [3.8, 4) is 33.8 Å². The minimum absolute atomic E-state index is 0. The van der Waals surface area contributed by atoms with Gasteiger partial charge in [-0.05, 0) is 34.4 Å². The first-order valence-electron chi connectivity index (χ1n) is 8.61.